The first kappa shape index (κ1) is 12.7. The van der Waals surface area contributed by atoms with Gasteiger partial charge in [-0.2, -0.15) is 0 Å². The molecule has 0 aliphatic rings. The number of hydrogen-bond acceptors (Lipinski definition) is 1. The Hall–Kier alpha value is -1.37. The minimum absolute atomic E-state index is 0.174. The van der Waals surface area contributed by atoms with Gasteiger partial charge in [0.2, 0.25) is 0 Å². The number of benzene rings is 1. The van der Waals surface area contributed by atoms with Gasteiger partial charge in [-0.1, -0.05) is 51.6 Å². The summed E-state index contributed by atoms with van der Waals surface area (Å²) in [7, 11) is 1.82. The van der Waals surface area contributed by atoms with Gasteiger partial charge in [0.15, 0.2) is 0 Å². The molecule has 0 aromatic heterocycles. The van der Waals surface area contributed by atoms with Crippen LogP contribution in [0.15, 0.2) is 29.8 Å². The summed E-state index contributed by atoms with van der Waals surface area (Å²) in [5.74, 6) is 0. The van der Waals surface area contributed by atoms with Crippen molar-refractivity contribution in [2.24, 2.45) is 4.99 Å². The van der Waals surface area contributed by atoms with Crippen LogP contribution in [0.2, 0.25) is 0 Å². The van der Waals surface area contributed by atoms with Crippen molar-refractivity contribution >= 4 is 11.8 Å². The lowest BCUT2D eigenvalue weighted by Crippen LogP contribution is -2.12. The van der Waals surface area contributed by atoms with Crippen molar-refractivity contribution in [2.75, 3.05) is 7.05 Å². The largest absolute Gasteiger partial charge is 0.293 e. The third-order valence-corrected chi connectivity index (χ3v) is 2.86. The molecule has 0 spiro atoms. The first-order chi connectivity index (χ1) is 7.40. The van der Waals surface area contributed by atoms with Crippen molar-refractivity contribution in [1.29, 1.82) is 0 Å². The molecule has 0 unspecified atom stereocenters. The Morgan fingerprint density at radius 1 is 1.31 bits per heavy atom. The fourth-order valence-electron chi connectivity index (χ4n) is 1.65. The predicted octanol–water partition coefficient (Wildman–Crippen LogP) is 4.07. The summed E-state index contributed by atoms with van der Waals surface area (Å²) in [6, 6.07) is 6.52. The van der Waals surface area contributed by atoms with Gasteiger partial charge in [0.1, 0.15) is 0 Å². The molecule has 1 aromatic rings. The molecule has 1 aromatic carbocycles. The van der Waals surface area contributed by atoms with E-state index < -0.39 is 0 Å². The van der Waals surface area contributed by atoms with Crippen LogP contribution in [-0.2, 0) is 5.41 Å². The van der Waals surface area contributed by atoms with E-state index >= 15 is 0 Å². The molecule has 1 nitrogen and oxygen atoms in total. The molecule has 0 bridgehead atoms. The van der Waals surface area contributed by atoms with Gasteiger partial charge in [-0.25, -0.2) is 0 Å². The molecule has 0 saturated heterocycles. The average Bonchev–Trinajstić information content (AvgIpc) is 2.26. The third-order valence-electron chi connectivity index (χ3n) is 2.86. The lowest BCUT2D eigenvalue weighted by molar-refractivity contribution is 0.590. The zero-order chi connectivity index (χ0) is 12.3. The molecular formula is C15H21N. The third kappa shape index (κ3) is 2.60. The van der Waals surface area contributed by atoms with Crippen LogP contribution in [0, 0.1) is 0 Å². The highest BCUT2D eigenvalue weighted by molar-refractivity contribution is 6.01. The van der Waals surface area contributed by atoms with Crippen molar-refractivity contribution in [1.82, 2.24) is 0 Å². The predicted molar refractivity (Wildman–Crippen MR) is 73.4 cm³/mol. The van der Waals surface area contributed by atoms with E-state index in [-0.39, 0.29) is 5.41 Å². The van der Waals surface area contributed by atoms with Crippen LogP contribution in [0.5, 0.6) is 0 Å². The first-order valence-corrected chi connectivity index (χ1v) is 5.61. The number of hydrogen-bond donors (Lipinski definition) is 0. The second-order valence-electron chi connectivity index (χ2n) is 5.07. The van der Waals surface area contributed by atoms with E-state index in [0.29, 0.717) is 0 Å². The summed E-state index contributed by atoms with van der Waals surface area (Å²) in [5.41, 5.74) is 4.89. The van der Waals surface area contributed by atoms with Crippen molar-refractivity contribution in [3.8, 4) is 0 Å². The minimum Gasteiger partial charge on any atom is -0.293 e. The summed E-state index contributed by atoms with van der Waals surface area (Å²) < 4.78 is 0. The highest BCUT2D eigenvalue weighted by Crippen LogP contribution is 2.25. The van der Waals surface area contributed by atoms with E-state index in [4.69, 9.17) is 0 Å². The lowest BCUT2D eigenvalue weighted by Gasteiger charge is -2.20. The molecule has 0 aliphatic carbocycles. The van der Waals surface area contributed by atoms with Crippen LogP contribution in [0.3, 0.4) is 0 Å². The molecule has 0 radical (unpaired) electrons. The van der Waals surface area contributed by atoms with Crippen molar-refractivity contribution in [2.45, 2.75) is 33.1 Å². The normalized spacial score (nSPS) is 12.7. The molecule has 1 heteroatoms. The van der Waals surface area contributed by atoms with Gasteiger partial charge in [-0.3, -0.25) is 4.99 Å². The second-order valence-corrected chi connectivity index (χ2v) is 5.07. The van der Waals surface area contributed by atoms with E-state index in [9.17, 15) is 0 Å². The van der Waals surface area contributed by atoms with Crippen LogP contribution >= 0.6 is 0 Å². The molecule has 0 atom stereocenters. The maximum absolute atomic E-state index is 4.23. The van der Waals surface area contributed by atoms with Crippen molar-refractivity contribution in [3.05, 3.63) is 41.5 Å². The monoisotopic (exact) mass is 215 g/mol. The van der Waals surface area contributed by atoms with Gasteiger partial charge < -0.3 is 0 Å². The Morgan fingerprint density at radius 2 is 1.94 bits per heavy atom. The van der Waals surface area contributed by atoms with E-state index in [2.05, 4.69) is 50.5 Å². The molecule has 0 N–H and O–H groups in total. The molecule has 0 fully saturated rings. The summed E-state index contributed by atoms with van der Waals surface area (Å²) in [6.07, 6.45) is 1.90. The van der Waals surface area contributed by atoms with E-state index in [1.165, 1.54) is 11.1 Å². The van der Waals surface area contributed by atoms with Crippen LogP contribution in [-0.4, -0.2) is 12.8 Å². The first-order valence-electron chi connectivity index (χ1n) is 5.61. The van der Waals surface area contributed by atoms with Crippen molar-refractivity contribution < 1.29 is 0 Å². The van der Waals surface area contributed by atoms with E-state index in [1.807, 2.05) is 20.0 Å². The Bertz CT molecular complexity index is 420. The second kappa shape index (κ2) is 4.65. The minimum atomic E-state index is 0.174. The smallest absolute Gasteiger partial charge is 0.0392 e. The molecule has 86 valence electrons. The molecule has 1 rings (SSSR count). The quantitative estimate of drug-likeness (QED) is 0.659. The van der Waals surface area contributed by atoms with Gasteiger partial charge in [-0.15, -0.1) is 0 Å². The highest BCUT2D eigenvalue weighted by Gasteiger charge is 2.15. The molecule has 0 aliphatic heterocycles. The van der Waals surface area contributed by atoms with E-state index in [0.717, 1.165) is 11.3 Å². The Balaban J connectivity index is 3.33. The lowest BCUT2D eigenvalue weighted by atomic mass is 9.85. The Morgan fingerprint density at radius 3 is 2.38 bits per heavy atom. The van der Waals surface area contributed by atoms with Gasteiger partial charge >= 0.3 is 0 Å². The molecular weight excluding hydrogens is 194 g/mol. The highest BCUT2D eigenvalue weighted by atomic mass is 14.7. The SMILES string of the molecule is C=Cc1cc(C(C)(C)C)ccc1/C(C)=N\C. The Labute approximate surface area is 98.9 Å². The summed E-state index contributed by atoms with van der Waals surface area (Å²) in [5, 5.41) is 0. The number of rotatable bonds is 2. The van der Waals surface area contributed by atoms with Gasteiger partial charge in [-0.05, 0) is 23.5 Å². The average molecular weight is 215 g/mol. The number of aliphatic imine (C=N–C) groups is 1. The van der Waals surface area contributed by atoms with Crippen LogP contribution < -0.4 is 0 Å². The van der Waals surface area contributed by atoms with Crippen LogP contribution in [0.25, 0.3) is 6.08 Å². The van der Waals surface area contributed by atoms with Crippen LogP contribution in [0.4, 0.5) is 0 Å². The number of nitrogens with zero attached hydrogens (tertiary/aromatic N) is 1. The van der Waals surface area contributed by atoms with Crippen molar-refractivity contribution in [3.63, 3.8) is 0 Å². The Kier molecular flexibility index (Phi) is 3.69. The maximum atomic E-state index is 4.23. The topological polar surface area (TPSA) is 12.4 Å². The standard InChI is InChI=1S/C15H21N/c1-7-12-10-13(15(3,4)5)8-9-14(12)11(2)16-6/h7-10H,1H2,2-6H3/b16-11-. The fraction of sp³-hybridized carbons (Fsp3) is 0.400. The zero-order valence-corrected chi connectivity index (χ0v) is 11.0. The van der Waals surface area contributed by atoms with Gasteiger partial charge in [0.05, 0.1) is 0 Å². The van der Waals surface area contributed by atoms with E-state index in [1.54, 1.807) is 0 Å². The summed E-state index contributed by atoms with van der Waals surface area (Å²) >= 11 is 0. The molecule has 0 amide bonds. The maximum Gasteiger partial charge on any atom is 0.0392 e. The molecule has 16 heavy (non-hydrogen) atoms. The molecule has 0 saturated carbocycles. The summed E-state index contributed by atoms with van der Waals surface area (Å²) in [6.45, 7) is 12.6. The summed E-state index contributed by atoms with van der Waals surface area (Å²) in [4.78, 5) is 4.23. The van der Waals surface area contributed by atoms with Gasteiger partial charge in [0.25, 0.3) is 0 Å². The van der Waals surface area contributed by atoms with Gasteiger partial charge in [0, 0.05) is 18.3 Å². The fourth-order valence-corrected chi connectivity index (χ4v) is 1.65. The zero-order valence-electron chi connectivity index (χ0n) is 11.0. The van der Waals surface area contributed by atoms with Crippen LogP contribution in [0.1, 0.15) is 44.4 Å². The molecule has 0 heterocycles.